The van der Waals surface area contributed by atoms with Gasteiger partial charge in [-0.3, -0.25) is 9.69 Å². The fraction of sp³-hybridized carbons (Fsp3) is 0.522. The highest BCUT2D eigenvalue weighted by Gasteiger charge is 2.28. The number of carbonyl (C=O) groups is 1. The van der Waals surface area contributed by atoms with Gasteiger partial charge >= 0.3 is 0 Å². The summed E-state index contributed by atoms with van der Waals surface area (Å²) in [7, 11) is 0. The first kappa shape index (κ1) is 19.2. The van der Waals surface area contributed by atoms with Crippen LogP contribution in [0.4, 0.5) is 0 Å². The minimum Gasteiger partial charge on any atom is -0.469 e. The summed E-state index contributed by atoms with van der Waals surface area (Å²) in [5, 5.41) is 0. The number of carbonyl (C=O) groups excluding carboxylic acids is 1. The number of rotatable bonds is 6. The number of hydrogen-bond acceptors (Lipinski definition) is 4. The van der Waals surface area contributed by atoms with Crippen LogP contribution in [0.5, 0.6) is 0 Å². The lowest BCUT2D eigenvalue weighted by Crippen LogP contribution is -2.45. The Morgan fingerprint density at radius 3 is 2.71 bits per heavy atom. The van der Waals surface area contributed by atoms with Gasteiger partial charge in [0.05, 0.1) is 11.8 Å². The van der Waals surface area contributed by atoms with Crippen LogP contribution in [-0.2, 0) is 17.7 Å². The molecule has 0 atom stereocenters. The predicted molar refractivity (Wildman–Crippen MR) is 108 cm³/mol. The standard InChI is InChI=1S/C23H30N2O3/c1-18-22(10-16-28-18)23(26)25(21-8-14-27-15-9-21)12-4-11-24-13-7-19-5-2-3-6-20(19)17-24/h2-3,5-6,10,16,21H,4,7-9,11-15,17H2,1H3. The van der Waals surface area contributed by atoms with Crippen LogP contribution >= 0.6 is 0 Å². The normalized spacial score (nSPS) is 18.0. The third-order valence-corrected chi connectivity index (χ3v) is 6.06. The molecule has 5 nitrogen and oxygen atoms in total. The average molecular weight is 383 g/mol. The maximum atomic E-state index is 13.2. The van der Waals surface area contributed by atoms with Crippen molar-refractivity contribution in [3.8, 4) is 0 Å². The lowest BCUT2D eigenvalue weighted by atomic mass is 10.00. The summed E-state index contributed by atoms with van der Waals surface area (Å²) < 4.78 is 10.9. The van der Waals surface area contributed by atoms with E-state index in [1.54, 1.807) is 12.3 Å². The number of hydrogen-bond donors (Lipinski definition) is 0. The molecular weight excluding hydrogens is 352 g/mol. The lowest BCUT2D eigenvalue weighted by Gasteiger charge is -2.35. The molecule has 0 radical (unpaired) electrons. The molecule has 1 aromatic carbocycles. The zero-order chi connectivity index (χ0) is 19.3. The molecule has 0 saturated carbocycles. The van der Waals surface area contributed by atoms with E-state index < -0.39 is 0 Å². The highest BCUT2D eigenvalue weighted by molar-refractivity contribution is 5.95. The van der Waals surface area contributed by atoms with Crippen LogP contribution in [0.15, 0.2) is 41.0 Å². The predicted octanol–water partition coefficient (Wildman–Crippen LogP) is 3.66. The van der Waals surface area contributed by atoms with Crippen LogP contribution in [0.25, 0.3) is 0 Å². The van der Waals surface area contributed by atoms with E-state index >= 15 is 0 Å². The van der Waals surface area contributed by atoms with Gasteiger partial charge in [-0.1, -0.05) is 24.3 Å². The first-order chi connectivity index (χ1) is 13.7. The number of furan rings is 1. The Hall–Kier alpha value is -2.11. The topological polar surface area (TPSA) is 45.9 Å². The van der Waals surface area contributed by atoms with Crippen molar-refractivity contribution >= 4 is 5.91 Å². The Bertz CT molecular complexity index is 795. The Labute approximate surface area is 167 Å². The van der Waals surface area contributed by atoms with Gasteiger partial charge in [0, 0.05) is 45.4 Å². The third kappa shape index (κ3) is 4.31. The number of aryl methyl sites for hydroxylation is 1. The van der Waals surface area contributed by atoms with Gasteiger partial charge in [-0.05, 0) is 49.8 Å². The molecule has 1 saturated heterocycles. The summed E-state index contributed by atoms with van der Waals surface area (Å²) in [4.78, 5) is 17.8. The van der Waals surface area contributed by atoms with Crippen molar-refractivity contribution < 1.29 is 13.9 Å². The SMILES string of the molecule is Cc1occc1C(=O)N(CCCN1CCc2ccccc2C1)C1CCOCC1. The molecule has 150 valence electrons. The van der Waals surface area contributed by atoms with Gasteiger partial charge in [0.2, 0.25) is 0 Å². The molecule has 0 N–H and O–H groups in total. The molecule has 1 amide bonds. The number of benzene rings is 1. The van der Waals surface area contributed by atoms with Crippen molar-refractivity contribution in [2.24, 2.45) is 0 Å². The second kappa shape index (κ2) is 8.93. The molecule has 3 heterocycles. The molecule has 28 heavy (non-hydrogen) atoms. The van der Waals surface area contributed by atoms with E-state index in [0.717, 1.165) is 65.1 Å². The van der Waals surface area contributed by atoms with E-state index in [4.69, 9.17) is 9.15 Å². The van der Waals surface area contributed by atoms with E-state index in [1.165, 1.54) is 11.1 Å². The fourth-order valence-electron chi connectivity index (χ4n) is 4.42. The van der Waals surface area contributed by atoms with Crippen molar-refractivity contribution in [3.63, 3.8) is 0 Å². The summed E-state index contributed by atoms with van der Waals surface area (Å²) in [6.45, 7) is 7.26. The lowest BCUT2D eigenvalue weighted by molar-refractivity contribution is 0.0278. The Kier molecular flexibility index (Phi) is 6.13. The number of ether oxygens (including phenoxy) is 1. The maximum absolute atomic E-state index is 13.2. The molecule has 2 aliphatic heterocycles. The Balaban J connectivity index is 1.37. The molecule has 0 bridgehead atoms. The van der Waals surface area contributed by atoms with Crippen LogP contribution in [0.1, 0.15) is 46.5 Å². The molecule has 2 aliphatic rings. The smallest absolute Gasteiger partial charge is 0.257 e. The maximum Gasteiger partial charge on any atom is 0.257 e. The van der Waals surface area contributed by atoms with E-state index in [9.17, 15) is 4.79 Å². The van der Waals surface area contributed by atoms with Gasteiger partial charge in [0.15, 0.2) is 0 Å². The summed E-state index contributed by atoms with van der Waals surface area (Å²) in [6.07, 6.45) is 5.55. The zero-order valence-corrected chi connectivity index (χ0v) is 16.7. The summed E-state index contributed by atoms with van der Waals surface area (Å²) in [6, 6.07) is 10.8. The molecule has 0 aliphatic carbocycles. The second-order valence-corrected chi connectivity index (χ2v) is 7.88. The van der Waals surface area contributed by atoms with E-state index in [1.807, 2.05) is 6.92 Å². The first-order valence-corrected chi connectivity index (χ1v) is 10.4. The minimum atomic E-state index is 0.0992. The van der Waals surface area contributed by atoms with Crippen molar-refractivity contribution in [1.29, 1.82) is 0 Å². The second-order valence-electron chi connectivity index (χ2n) is 7.88. The van der Waals surface area contributed by atoms with Crippen LogP contribution in [-0.4, -0.2) is 54.6 Å². The van der Waals surface area contributed by atoms with E-state index in [2.05, 4.69) is 34.1 Å². The van der Waals surface area contributed by atoms with Gasteiger partial charge in [-0.15, -0.1) is 0 Å². The van der Waals surface area contributed by atoms with Crippen molar-refractivity contribution in [2.75, 3.05) is 32.8 Å². The quantitative estimate of drug-likeness (QED) is 0.765. The van der Waals surface area contributed by atoms with Crippen LogP contribution in [0, 0.1) is 6.92 Å². The molecule has 0 unspecified atom stereocenters. The van der Waals surface area contributed by atoms with Gasteiger partial charge in [0.1, 0.15) is 5.76 Å². The average Bonchev–Trinajstić information content (AvgIpc) is 3.17. The molecular formula is C23H30N2O3. The highest BCUT2D eigenvalue weighted by atomic mass is 16.5. The van der Waals surface area contributed by atoms with Gasteiger partial charge in [-0.2, -0.15) is 0 Å². The molecule has 2 aromatic rings. The minimum absolute atomic E-state index is 0.0992. The number of amides is 1. The summed E-state index contributed by atoms with van der Waals surface area (Å²) in [5.41, 5.74) is 3.62. The van der Waals surface area contributed by atoms with E-state index in [-0.39, 0.29) is 11.9 Å². The monoisotopic (exact) mass is 382 g/mol. The molecule has 1 fully saturated rings. The van der Waals surface area contributed by atoms with Gasteiger partial charge < -0.3 is 14.1 Å². The zero-order valence-electron chi connectivity index (χ0n) is 16.7. The summed E-state index contributed by atoms with van der Waals surface area (Å²) >= 11 is 0. The molecule has 0 spiro atoms. The number of fused-ring (bicyclic) bond motifs is 1. The van der Waals surface area contributed by atoms with Crippen LogP contribution in [0.3, 0.4) is 0 Å². The van der Waals surface area contributed by atoms with Crippen LogP contribution in [0.2, 0.25) is 0 Å². The molecule has 1 aromatic heterocycles. The molecule has 5 heteroatoms. The summed E-state index contributed by atoms with van der Waals surface area (Å²) in [5.74, 6) is 0.803. The third-order valence-electron chi connectivity index (χ3n) is 6.06. The van der Waals surface area contributed by atoms with Crippen molar-refractivity contribution in [2.45, 2.75) is 45.2 Å². The van der Waals surface area contributed by atoms with Gasteiger partial charge in [-0.25, -0.2) is 0 Å². The Morgan fingerprint density at radius 2 is 1.96 bits per heavy atom. The van der Waals surface area contributed by atoms with E-state index in [0.29, 0.717) is 11.3 Å². The fourth-order valence-corrected chi connectivity index (χ4v) is 4.42. The highest BCUT2D eigenvalue weighted by Crippen LogP contribution is 2.22. The Morgan fingerprint density at radius 1 is 1.18 bits per heavy atom. The van der Waals surface area contributed by atoms with Crippen LogP contribution < -0.4 is 0 Å². The number of nitrogens with zero attached hydrogens (tertiary/aromatic N) is 2. The van der Waals surface area contributed by atoms with Crippen molar-refractivity contribution in [3.05, 3.63) is 59.0 Å². The largest absolute Gasteiger partial charge is 0.469 e. The van der Waals surface area contributed by atoms with Crippen molar-refractivity contribution in [1.82, 2.24) is 9.80 Å². The van der Waals surface area contributed by atoms with Gasteiger partial charge in [0.25, 0.3) is 5.91 Å². The first-order valence-electron chi connectivity index (χ1n) is 10.4. The molecule has 4 rings (SSSR count).